The second-order valence-electron chi connectivity index (χ2n) is 7.41. The fraction of sp³-hybridized carbons (Fsp3) is 0.174. The Morgan fingerprint density at radius 3 is 2.46 bits per heavy atom. The van der Waals surface area contributed by atoms with Crippen molar-refractivity contribution in [3.05, 3.63) is 81.8 Å². The number of hydrogen-bond donors (Lipinski definition) is 2. The topological polar surface area (TPSA) is 126 Å². The largest absolute Gasteiger partial charge is 1.00 e. The van der Waals surface area contributed by atoms with Crippen LogP contribution in [-0.4, -0.2) is 16.6 Å². The molecule has 12 heteroatoms. The number of carbonyl (C=O) groups excluding carboxylic acids is 2. The molecule has 1 atom stereocenters. The fourth-order valence-corrected chi connectivity index (χ4v) is 3.36. The SMILES string of the molecule is Cc1cn(C)c(=O)c(NC(=O)N[C@@H](CC(=O)[O-])c2cccc(-c3cc(F)ccc3F)c2)c1[O-].[Na+].[Na+]. The zero-order chi connectivity index (χ0) is 24.3. The van der Waals surface area contributed by atoms with E-state index in [1.54, 1.807) is 0 Å². The number of aromatic nitrogens is 1. The maximum Gasteiger partial charge on any atom is 1.00 e. The summed E-state index contributed by atoms with van der Waals surface area (Å²) in [5, 5.41) is 28.1. The van der Waals surface area contributed by atoms with Crippen LogP contribution in [-0.2, 0) is 11.8 Å². The Morgan fingerprint density at radius 1 is 1.11 bits per heavy atom. The Morgan fingerprint density at radius 2 is 1.80 bits per heavy atom. The molecular weight excluding hydrogens is 482 g/mol. The average Bonchev–Trinajstić information content (AvgIpc) is 2.76. The van der Waals surface area contributed by atoms with Crippen molar-refractivity contribution in [3.63, 3.8) is 0 Å². The first-order valence-electron chi connectivity index (χ1n) is 9.76. The van der Waals surface area contributed by atoms with Gasteiger partial charge in [-0.1, -0.05) is 23.9 Å². The molecule has 0 spiro atoms. The van der Waals surface area contributed by atoms with Gasteiger partial charge in [-0.25, -0.2) is 13.6 Å². The second-order valence-corrected chi connectivity index (χ2v) is 7.41. The number of aryl methyl sites for hydroxylation is 2. The molecule has 8 nitrogen and oxygen atoms in total. The number of urea groups is 1. The Hall–Kier alpha value is -2.21. The molecule has 35 heavy (non-hydrogen) atoms. The molecule has 0 saturated carbocycles. The molecular formula is C23H19F2N3Na2O5. The van der Waals surface area contributed by atoms with Gasteiger partial charge in [0.2, 0.25) is 0 Å². The third-order valence-electron chi connectivity index (χ3n) is 4.95. The predicted molar refractivity (Wildman–Crippen MR) is 112 cm³/mol. The monoisotopic (exact) mass is 501 g/mol. The van der Waals surface area contributed by atoms with Gasteiger partial charge in [0.1, 0.15) is 17.3 Å². The second kappa shape index (κ2) is 13.2. The summed E-state index contributed by atoms with van der Waals surface area (Å²) in [6, 6.07) is 6.64. The van der Waals surface area contributed by atoms with Gasteiger partial charge in [-0.2, -0.15) is 0 Å². The van der Waals surface area contributed by atoms with Gasteiger partial charge in [0.05, 0.1) is 6.04 Å². The molecule has 0 aliphatic heterocycles. The van der Waals surface area contributed by atoms with Crippen LogP contribution in [0.25, 0.3) is 11.1 Å². The molecule has 0 radical (unpaired) electrons. The Balaban J connectivity index is 0.00000306. The first kappa shape index (κ1) is 30.8. The van der Waals surface area contributed by atoms with Gasteiger partial charge in [-0.05, 0) is 47.9 Å². The van der Waals surface area contributed by atoms with Crippen molar-refractivity contribution in [2.24, 2.45) is 7.05 Å². The number of carbonyl (C=O) groups is 2. The van der Waals surface area contributed by atoms with Crippen molar-refractivity contribution in [2.45, 2.75) is 19.4 Å². The first-order valence-corrected chi connectivity index (χ1v) is 9.76. The van der Waals surface area contributed by atoms with E-state index in [1.807, 2.05) is 0 Å². The van der Waals surface area contributed by atoms with Crippen molar-refractivity contribution in [3.8, 4) is 16.9 Å². The number of benzene rings is 2. The van der Waals surface area contributed by atoms with E-state index in [2.05, 4.69) is 10.6 Å². The van der Waals surface area contributed by atoms with Gasteiger partial charge in [-0.3, -0.25) is 4.79 Å². The van der Waals surface area contributed by atoms with Gasteiger partial charge in [0.15, 0.2) is 0 Å². The molecule has 0 fully saturated rings. The summed E-state index contributed by atoms with van der Waals surface area (Å²) >= 11 is 0. The maximum atomic E-state index is 14.2. The number of aliphatic carboxylic acids is 1. The van der Waals surface area contributed by atoms with Gasteiger partial charge < -0.3 is 30.2 Å². The first-order chi connectivity index (χ1) is 15.6. The fourth-order valence-electron chi connectivity index (χ4n) is 3.36. The minimum absolute atomic E-state index is 0. The van der Waals surface area contributed by atoms with Crippen LogP contribution in [0.3, 0.4) is 0 Å². The zero-order valence-corrected chi connectivity index (χ0v) is 23.6. The van der Waals surface area contributed by atoms with E-state index < -0.39 is 53.1 Å². The van der Waals surface area contributed by atoms with Gasteiger partial charge in [0.25, 0.3) is 5.56 Å². The molecule has 172 valence electrons. The molecule has 2 amide bonds. The number of carboxylic acids is 1. The van der Waals surface area contributed by atoms with Crippen LogP contribution in [0.5, 0.6) is 5.75 Å². The molecule has 3 rings (SSSR count). The van der Waals surface area contributed by atoms with E-state index in [0.717, 1.165) is 22.8 Å². The number of carboxylic acid groups (broad SMARTS) is 1. The summed E-state index contributed by atoms with van der Waals surface area (Å²) in [6.45, 7) is 1.47. The molecule has 0 saturated heterocycles. The van der Waals surface area contributed by atoms with Crippen molar-refractivity contribution in [1.82, 2.24) is 9.88 Å². The predicted octanol–water partition coefficient (Wildman–Crippen LogP) is -4.28. The molecule has 0 aliphatic carbocycles. The normalized spacial score (nSPS) is 11.0. The van der Waals surface area contributed by atoms with Crippen molar-refractivity contribution in [2.75, 3.05) is 5.32 Å². The number of anilines is 1. The molecule has 1 heterocycles. The van der Waals surface area contributed by atoms with E-state index in [9.17, 15) is 33.4 Å². The Kier molecular flexibility index (Phi) is 11.6. The van der Waals surface area contributed by atoms with Crippen LogP contribution in [0, 0.1) is 18.6 Å². The zero-order valence-electron chi connectivity index (χ0n) is 19.6. The van der Waals surface area contributed by atoms with E-state index in [1.165, 1.54) is 44.4 Å². The quantitative estimate of drug-likeness (QED) is 0.331. The summed E-state index contributed by atoms with van der Waals surface area (Å²) in [4.78, 5) is 36.0. The number of nitrogens with zero attached hydrogens (tertiary/aromatic N) is 1. The van der Waals surface area contributed by atoms with Crippen molar-refractivity contribution >= 4 is 17.7 Å². The minimum atomic E-state index is -1.49. The number of pyridine rings is 1. The van der Waals surface area contributed by atoms with Crippen molar-refractivity contribution < 1.29 is 87.7 Å². The summed E-state index contributed by atoms with van der Waals surface area (Å²) < 4.78 is 28.9. The number of halogens is 2. The van der Waals surface area contributed by atoms with E-state index in [4.69, 9.17) is 0 Å². The standard InChI is InChI=1S/C23H21F2N3O5.2Na/c1-12-11-28(2)22(32)20(21(12)31)27-23(33)26-18(10-19(29)30)14-5-3-4-13(8-14)16-9-15(24)6-7-17(16)25;;/h3-9,11,18,31H,10H2,1-2H3,(H,29,30)(H2,26,27,33);;/q;2*+1/p-2/t18-;;/m0../s1. The summed E-state index contributed by atoms with van der Waals surface area (Å²) in [7, 11) is 1.41. The minimum Gasteiger partial charge on any atom is -0.871 e. The van der Waals surface area contributed by atoms with E-state index in [-0.39, 0.29) is 81.4 Å². The van der Waals surface area contributed by atoms with Crippen LogP contribution in [0.4, 0.5) is 19.3 Å². The summed E-state index contributed by atoms with van der Waals surface area (Å²) in [5.41, 5.74) is -0.533. The van der Waals surface area contributed by atoms with Gasteiger partial charge >= 0.3 is 65.1 Å². The molecule has 2 aromatic carbocycles. The third-order valence-corrected chi connectivity index (χ3v) is 4.95. The molecule has 1 aromatic heterocycles. The smallest absolute Gasteiger partial charge is 0.871 e. The third kappa shape index (κ3) is 7.63. The van der Waals surface area contributed by atoms with Crippen LogP contribution in [0.2, 0.25) is 0 Å². The number of hydrogen-bond acceptors (Lipinski definition) is 5. The molecule has 0 bridgehead atoms. The van der Waals surface area contributed by atoms with Gasteiger partial charge in [-0.15, -0.1) is 0 Å². The van der Waals surface area contributed by atoms with Crippen LogP contribution in [0.15, 0.2) is 53.5 Å². The van der Waals surface area contributed by atoms with Crippen molar-refractivity contribution in [1.29, 1.82) is 0 Å². The molecule has 2 N–H and O–H groups in total. The van der Waals surface area contributed by atoms with E-state index >= 15 is 0 Å². The number of rotatable bonds is 6. The van der Waals surface area contributed by atoms with Gasteiger partial charge in [0, 0.05) is 31.2 Å². The number of nitrogens with one attached hydrogen (secondary N) is 2. The average molecular weight is 501 g/mol. The van der Waals surface area contributed by atoms with Crippen LogP contribution in [0.1, 0.15) is 23.6 Å². The van der Waals surface area contributed by atoms with Crippen LogP contribution < -0.4 is 85.5 Å². The number of amides is 2. The van der Waals surface area contributed by atoms with E-state index in [0.29, 0.717) is 0 Å². The molecule has 0 aliphatic rings. The summed E-state index contributed by atoms with van der Waals surface area (Å²) in [5.74, 6) is -3.50. The molecule has 0 unspecified atom stereocenters. The Labute approximate surface area is 243 Å². The Bertz CT molecular complexity index is 1300. The maximum absolute atomic E-state index is 14.2. The molecule has 3 aromatic rings. The van der Waals surface area contributed by atoms with Crippen LogP contribution >= 0.6 is 0 Å². The summed E-state index contributed by atoms with van der Waals surface area (Å²) in [6.07, 6.45) is 0.669.